The number of rotatable bonds is 7. The van der Waals surface area contributed by atoms with Gasteiger partial charge in [0, 0.05) is 30.3 Å². The second-order valence-corrected chi connectivity index (χ2v) is 6.10. The smallest absolute Gasteiger partial charge is 0.224 e. The highest BCUT2D eigenvalue weighted by Gasteiger charge is 2.15. The van der Waals surface area contributed by atoms with Crippen LogP contribution in [-0.4, -0.2) is 25.5 Å². The van der Waals surface area contributed by atoms with Crippen molar-refractivity contribution in [3.05, 3.63) is 48.0 Å². The van der Waals surface area contributed by atoms with E-state index in [-0.39, 0.29) is 11.8 Å². The van der Waals surface area contributed by atoms with Gasteiger partial charge in [0.05, 0.1) is 13.7 Å². The van der Waals surface area contributed by atoms with E-state index in [0.717, 1.165) is 23.4 Å². The minimum absolute atomic E-state index is 0.0493. The van der Waals surface area contributed by atoms with Crippen LogP contribution < -0.4 is 20.1 Å². The summed E-state index contributed by atoms with van der Waals surface area (Å²) in [5, 5.41) is 5.69. The first kappa shape index (κ1) is 17.8. The number of aryl methyl sites for hydroxylation is 1. The number of fused-ring (bicyclic) bond motifs is 1. The van der Waals surface area contributed by atoms with Crippen LogP contribution in [0.5, 0.6) is 11.5 Å². The van der Waals surface area contributed by atoms with Crippen molar-refractivity contribution in [2.75, 3.05) is 24.4 Å². The third-order valence-electron chi connectivity index (χ3n) is 4.14. The number of amides is 2. The van der Waals surface area contributed by atoms with Gasteiger partial charge in [-0.1, -0.05) is 6.07 Å². The molecular weight excluding hydrogens is 332 g/mol. The number of ether oxygens (including phenoxy) is 2. The van der Waals surface area contributed by atoms with Crippen LogP contribution in [0.25, 0.3) is 0 Å². The summed E-state index contributed by atoms with van der Waals surface area (Å²) in [4.78, 5) is 23.4. The molecule has 1 aliphatic rings. The van der Waals surface area contributed by atoms with Gasteiger partial charge in [-0.15, -0.1) is 0 Å². The molecule has 1 heterocycles. The first-order valence-electron chi connectivity index (χ1n) is 8.63. The summed E-state index contributed by atoms with van der Waals surface area (Å²) in [6.45, 7) is 0.455. The van der Waals surface area contributed by atoms with Crippen molar-refractivity contribution < 1.29 is 19.1 Å². The molecule has 0 atom stereocenters. The lowest BCUT2D eigenvalue weighted by molar-refractivity contribution is -0.117. The van der Waals surface area contributed by atoms with Gasteiger partial charge in [0.25, 0.3) is 0 Å². The van der Waals surface area contributed by atoms with E-state index in [1.54, 1.807) is 13.2 Å². The van der Waals surface area contributed by atoms with Crippen LogP contribution in [0.4, 0.5) is 11.4 Å². The normalized spacial score (nSPS) is 12.7. The van der Waals surface area contributed by atoms with Crippen molar-refractivity contribution in [2.24, 2.45) is 0 Å². The average molecular weight is 354 g/mol. The maximum atomic E-state index is 12.0. The molecule has 1 aliphatic heterocycles. The van der Waals surface area contributed by atoms with E-state index in [1.165, 1.54) is 0 Å². The van der Waals surface area contributed by atoms with Crippen LogP contribution in [0.1, 0.15) is 24.8 Å². The molecule has 3 rings (SSSR count). The van der Waals surface area contributed by atoms with Crippen LogP contribution in [-0.2, 0) is 16.0 Å². The van der Waals surface area contributed by atoms with E-state index < -0.39 is 0 Å². The number of anilines is 2. The summed E-state index contributed by atoms with van der Waals surface area (Å²) in [7, 11) is 1.59. The topological polar surface area (TPSA) is 76.7 Å². The lowest BCUT2D eigenvalue weighted by atomic mass is 10.0. The fraction of sp³-hybridized carbons (Fsp3) is 0.300. The molecular formula is C20H22N2O4. The maximum absolute atomic E-state index is 12.0. The van der Waals surface area contributed by atoms with E-state index in [4.69, 9.17) is 9.47 Å². The molecule has 2 aromatic carbocycles. The number of methoxy groups -OCH3 is 1. The fourth-order valence-electron chi connectivity index (χ4n) is 2.80. The first-order valence-corrected chi connectivity index (χ1v) is 8.63. The van der Waals surface area contributed by atoms with Gasteiger partial charge in [-0.25, -0.2) is 0 Å². The molecule has 0 bridgehead atoms. The zero-order valence-corrected chi connectivity index (χ0v) is 14.7. The van der Waals surface area contributed by atoms with Crippen LogP contribution >= 0.6 is 0 Å². The van der Waals surface area contributed by atoms with Crippen LogP contribution in [0.15, 0.2) is 42.5 Å². The van der Waals surface area contributed by atoms with E-state index in [1.807, 2.05) is 36.4 Å². The molecule has 2 N–H and O–H groups in total. The summed E-state index contributed by atoms with van der Waals surface area (Å²) in [6.07, 6.45) is 2.21. The minimum Gasteiger partial charge on any atom is -0.497 e. The van der Waals surface area contributed by atoms with Crippen LogP contribution in [0.3, 0.4) is 0 Å². The van der Waals surface area contributed by atoms with Crippen LogP contribution in [0.2, 0.25) is 0 Å². The maximum Gasteiger partial charge on any atom is 0.224 e. The van der Waals surface area contributed by atoms with Crippen molar-refractivity contribution in [1.82, 2.24) is 0 Å². The SMILES string of the molecule is COc1cccc(NC(=O)CCCOc2ccc3c(c2)CCC(=O)N3)c1. The third kappa shape index (κ3) is 4.75. The van der Waals surface area contributed by atoms with Gasteiger partial charge in [-0.2, -0.15) is 0 Å². The van der Waals surface area contributed by atoms with Crippen molar-refractivity contribution >= 4 is 23.2 Å². The Morgan fingerprint density at radius 2 is 2.04 bits per heavy atom. The molecule has 26 heavy (non-hydrogen) atoms. The molecule has 136 valence electrons. The summed E-state index contributed by atoms with van der Waals surface area (Å²) in [5.74, 6) is 1.45. The minimum atomic E-state index is -0.0602. The predicted octanol–water partition coefficient (Wildman–Crippen LogP) is 3.38. The van der Waals surface area contributed by atoms with Crippen LogP contribution in [0, 0.1) is 0 Å². The molecule has 6 nitrogen and oxygen atoms in total. The molecule has 0 aliphatic carbocycles. The van der Waals surface area contributed by atoms with E-state index in [0.29, 0.717) is 37.3 Å². The first-order chi connectivity index (χ1) is 12.6. The highest BCUT2D eigenvalue weighted by Crippen LogP contribution is 2.26. The Hall–Kier alpha value is -3.02. The average Bonchev–Trinajstić information content (AvgIpc) is 2.65. The van der Waals surface area contributed by atoms with Crippen molar-refractivity contribution in [1.29, 1.82) is 0 Å². The largest absolute Gasteiger partial charge is 0.497 e. The van der Waals surface area contributed by atoms with E-state index in [2.05, 4.69) is 10.6 Å². The Bertz CT molecular complexity index is 804. The second-order valence-electron chi connectivity index (χ2n) is 6.10. The molecule has 2 aromatic rings. The van der Waals surface area contributed by atoms with Gasteiger partial charge in [0.1, 0.15) is 11.5 Å². The molecule has 0 unspecified atom stereocenters. The van der Waals surface area contributed by atoms with Crippen molar-refractivity contribution in [2.45, 2.75) is 25.7 Å². The van der Waals surface area contributed by atoms with Gasteiger partial charge < -0.3 is 20.1 Å². The van der Waals surface area contributed by atoms with Gasteiger partial charge >= 0.3 is 0 Å². The number of carbonyl (C=O) groups is 2. The lowest BCUT2D eigenvalue weighted by Crippen LogP contribution is -2.18. The fourth-order valence-corrected chi connectivity index (χ4v) is 2.80. The summed E-state index contributed by atoms with van der Waals surface area (Å²) >= 11 is 0. The Morgan fingerprint density at radius 1 is 1.15 bits per heavy atom. The number of hydrogen-bond donors (Lipinski definition) is 2. The summed E-state index contributed by atoms with van der Waals surface area (Å²) < 4.78 is 10.9. The molecule has 6 heteroatoms. The molecule has 2 amide bonds. The monoisotopic (exact) mass is 354 g/mol. The number of nitrogens with one attached hydrogen (secondary N) is 2. The molecule has 0 spiro atoms. The van der Waals surface area contributed by atoms with E-state index in [9.17, 15) is 9.59 Å². The number of carbonyl (C=O) groups excluding carboxylic acids is 2. The van der Waals surface area contributed by atoms with E-state index >= 15 is 0 Å². The molecule has 0 saturated heterocycles. The highest BCUT2D eigenvalue weighted by atomic mass is 16.5. The molecule has 0 radical (unpaired) electrons. The Labute approximate surface area is 152 Å². The number of hydrogen-bond acceptors (Lipinski definition) is 4. The molecule has 0 fully saturated rings. The predicted molar refractivity (Wildman–Crippen MR) is 99.7 cm³/mol. The zero-order chi connectivity index (χ0) is 18.4. The Balaban J connectivity index is 1.42. The van der Waals surface area contributed by atoms with Crippen molar-refractivity contribution in [3.63, 3.8) is 0 Å². The number of benzene rings is 2. The standard InChI is InChI=1S/C20H22N2O4/c1-25-16-5-2-4-15(13-16)21-19(23)6-3-11-26-17-8-9-18-14(12-17)7-10-20(24)22-18/h2,4-5,8-9,12-13H,3,6-7,10-11H2,1H3,(H,21,23)(H,22,24). The van der Waals surface area contributed by atoms with Gasteiger partial charge in [-0.3, -0.25) is 9.59 Å². The molecule has 0 saturated carbocycles. The Kier molecular flexibility index (Phi) is 5.73. The Morgan fingerprint density at radius 3 is 2.88 bits per heavy atom. The summed E-state index contributed by atoms with van der Waals surface area (Å²) in [6, 6.07) is 12.9. The lowest BCUT2D eigenvalue weighted by Gasteiger charge is -2.17. The van der Waals surface area contributed by atoms with Crippen molar-refractivity contribution in [3.8, 4) is 11.5 Å². The zero-order valence-electron chi connectivity index (χ0n) is 14.7. The second kappa shape index (κ2) is 8.38. The van der Waals surface area contributed by atoms with Gasteiger partial charge in [0.15, 0.2) is 0 Å². The van der Waals surface area contributed by atoms with Gasteiger partial charge in [-0.05, 0) is 48.7 Å². The van der Waals surface area contributed by atoms with Gasteiger partial charge in [0.2, 0.25) is 11.8 Å². The quantitative estimate of drug-likeness (QED) is 0.748. The third-order valence-corrected chi connectivity index (χ3v) is 4.14. The highest BCUT2D eigenvalue weighted by molar-refractivity contribution is 5.94. The summed E-state index contributed by atoms with van der Waals surface area (Å²) in [5.41, 5.74) is 2.65. The molecule has 0 aromatic heterocycles.